The van der Waals surface area contributed by atoms with Gasteiger partial charge >= 0.3 is 5.97 Å². The lowest BCUT2D eigenvalue weighted by Crippen LogP contribution is -2.41. The number of methoxy groups -OCH3 is 2. The molecule has 0 bridgehead atoms. The molecule has 0 amide bonds. The zero-order valence-electron chi connectivity index (χ0n) is 21.2. The van der Waals surface area contributed by atoms with Crippen LogP contribution in [0.25, 0.3) is 0 Å². The number of hydrogen-bond donors (Lipinski definition) is 2. The van der Waals surface area contributed by atoms with Crippen molar-refractivity contribution in [3.05, 3.63) is 12.2 Å². The first-order valence-corrected chi connectivity index (χ1v) is 12.6. The van der Waals surface area contributed by atoms with Crippen molar-refractivity contribution < 1.29 is 34.0 Å². The summed E-state index contributed by atoms with van der Waals surface area (Å²) in [6, 6.07) is 0. The van der Waals surface area contributed by atoms with Crippen LogP contribution in [0.3, 0.4) is 0 Å². The summed E-state index contributed by atoms with van der Waals surface area (Å²) in [5.74, 6) is 0.672. The lowest BCUT2D eigenvalue weighted by Gasteiger charge is -2.38. The van der Waals surface area contributed by atoms with E-state index in [0.717, 1.165) is 25.7 Å². The standard InChI is InChI=1S/C26H46O7/c1-17(2)7-6-8-19(27)11-21-10-9-18(3)25(33-21)15-22(30-4)14-23-12-20(28)13-24(32-23)16-26(29)31-5/h6,8,17-25,27-28H,7,9-16H2,1-5H3/b8-6+/t18-,19-,20+,21-,22-,23-,24+,25+/m0/s1. The first-order chi connectivity index (χ1) is 15.7. The summed E-state index contributed by atoms with van der Waals surface area (Å²) in [7, 11) is 3.06. The predicted molar refractivity (Wildman–Crippen MR) is 127 cm³/mol. The van der Waals surface area contributed by atoms with E-state index in [1.54, 1.807) is 7.11 Å². The number of rotatable bonds is 12. The number of hydrogen-bond acceptors (Lipinski definition) is 7. The monoisotopic (exact) mass is 470 g/mol. The normalized spacial score (nSPS) is 32.7. The molecule has 0 saturated carbocycles. The maximum atomic E-state index is 11.6. The minimum Gasteiger partial charge on any atom is -0.469 e. The van der Waals surface area contributed by atoms with Gasteiger partial charge in [-0.15, -0.1) is 0 Å². The Kier molecular flexibility index (Phi) is 12.3. The lowest BCUT2D eigenvalue weighted by atomic mass is 9.87. The van der Waals surface area contributed by atoms with Gasteiger partial charge in [0.1, 0.15) is 0 Å². The third kappa shape index (κ3) is 10.4. The van der Waals surface area contributed by atoms with E-state index < -0.39 is 12.2 Å². The second kappa shape index (κ2) is 14.4. The largest absolute Gasteiger partial charge is 0.469 e. The van der Waals surface area contributed by atoms with Crippen LogP contribution < -0.4 is 0 Å². The van der Waals surface area contributed by atoms with E-state index in [4.69, 9.17) is 18.9 Å². The number of ether oxygens (including phenoxy) is 4. The van der Waals surface area contributed by atoms with Crippen molar-refractivity contribution in [3.8, 4) is 0 Å². The maximum Gasteiger partial charge on any atom is 0.308 e. The summed E-state index contributed by atoms with van der Waals surface area (Å²) in [6.07, 6.45) is 8.63. The van der Waals surface area contributed by atoms with E-state index in [1.807, 2.05) is 6.08 Å². The zero-order chi connectivity index (χ0) is 24.4. The van der Waals surface area contributed by atoms with Crippen molar-refractivity contribution in [2.45, 2.75) is 121 Å². The molecule has 33 heavy (non-hydrogen) atoms. The number of aliphatic hydroxyl groups is 2. The molecule has 7 nitrogen and oxygen atoms in total. The quantitative estimate of drug-likeness (QED) is 0.331. The summed E-state index contributed by atoms with van der Waals surface area (Å²) in [5.41, 5.74) is 0. The number of carbonyl (C=O) groups is 1. The summed E-state index contributed by atoms with van der Waals surface area (Å²) in [6.45, 7) is 6.54. The van der Waals surface area contributed by atoms with Crippen LogP contribution >= 0.6 is 0 Å². The van der Waals surface area contributed by atoms with Gasteiger partial charge in [0.2, 0.25) is 0 Å². The summed E-state index contributed by atoms with van der Waals surface area (Å²) in [4.78, 5) is 11.6. The van der Waals surface area contributed by atoms with Crippen LogP contribution in [0.1, 0.15) is 78.6 Å². The molecule has 0 aromatic heterocycles. The Morgan fingerprint density at radius 2 is 1.79 bits per heavy atom. The molecule has 2 saturated heterocycles. The van der Waals surface area contributed by atoms with Crippen molar-refractivity contribution in [3.63, 3.8) is 0 Å². The summed E-state index contributed by atoms with van der Waals surface area (Å²) in [5, 5.41) is 20.6. The van der Waals surface area contributed by atoms with Gasteiger partial charge in [0.05, 0.1) is 56.3 Å². The number of aliphatic hydroxyl groups excluding tert-OH is 2. The highest BCUT2D eigenvalue weighted by atomic mass is 16.5. The third-order valence-electron chi connectivity index (χ3n) is 6.85. The average Bonchev–Trinajstić information content (AvgIpc) is 2.74. The molecular weight excluding hydrogens is 424 g/mol. The highest BCUT2D eigenvalue weighted by molar-refractivity contribution is 5.69. The second-order valence-corrected chi connectivity index (χ2v) is 10.3. The van der Waals surface area contributed by atoms with Crippen molar-refractivity contribution >= 4 is 5.97 Å². The lowest BCUT2D eigenvalue weighted by molar-refractivity contribution is -0.153. The van der Waals surface area contributed by atoms with Crippen molar-refractivity contribution in [1.29, 1.82) is 0 Å². The van der Waals surface area contributed by atoms with Gasteiger partial charge in [-0.25, -0.2) is 0 Å². The van der Waals surface area contributed by atoms with Gasteiger partial charge in [0, 0.05) is 26.4 Å². The molecule has 0 radical (unpaired) electrons. The van der Waals surface area contributed by atoms with Crippen LogP contribution in [-0.2, 0) is 23.7 Å². The smallest absolute Gasteiger partial charge is 0.308 e. The number of allylic oxidation sites excluding steroid dienone is 1. The molecule has 0 unspecified atom stereocenters. The molecule has 0 aliphatic carbocycles. The van der Waals surface area contributed by atoms with Crippen LogP contribution in [0.15, 0.2) is 12.2 Å². The molecule has 2 heterocycles. The fourth-order valence-corrected chi connectivity index (χ4v) is 4.88. The average molecular weight is 471 g/mol. The Labute approximate surface area is 199 Å². The Morgan fingerprint density at radius 3 is 2.45 bits per heavy atom. The molecule has 7 heteroatoms. The molecule has 2 aliphatic heterocycles. The molecule has 192 valence electrons. The van der Waals surface area contributed by atoms with Crippen LogP contribution in [0, 0.1) is 11.8 Å². The second-order valence-electron chi connectivity index (χ2n) is 10.3. The summed E-state index contributed by atoms with van der Waals surface area (Å²) < 4.78 is 23.0. The first kappa shape index (κ1) is 28.2. The predicted octanol–water partition coefficient (Wildman–Crippen LogP) is 3.79. The minimum absolute atomic E-state index is 0.0413. The third-order valence-corrected chi connectivity index (χ3v) is 6.85. The van der Waals surface area contributed by atoms with Crippen molar-refractivity contribution in [1.82, 2.24) is 0 Å². The summed E-state index contributed by atoms with van der Waals surface area (Å²) >= 11 is 0. The van der Waals surface area contributed by atoms with Gasteiger partial charge < -0.3 is 29.2 Å². The van der Waals surface area contributed by atoms with Crippen LogP contribution in [0.5, 0.6) is 0 Å². The number of esters is 1. The van der Waals surface area contributed by atoms with Crippen LogP contribution in [0.2, 0.25) is 0 Å². The van der Waals surface area contributed by atoms with Crippen LogP contribution in [-0.4, -0.2) is 73.1 Å². The van der Waals surface area contributed by atoms with Crippen LogP contribution in [0.4, 0.5) is 0 Å². The van der Waals surface area contributed by atoms with E-state index in [-0.39, 0.29) is 42.9 Å². The van der Waals surface area contributed by atoms with Gasteiger partial charge in [-0.05, 0) is 43.9 Å². The van der Waals surface area contributed by atoms with Gasteiger partial charge in [0.15, 0.2) is 0 Å². The molecule has 2 N–H and O–H groups in total. The molecule has 2 rings (SSSR count). The Bertz CT molecular complexity index is 593. The van der Waals surface area contributed by atoms with E-state index >= 15 is 0 Å². The number of carbonyl (C=O) groups excluding carboxylic acids is 1. The molecule has 2 fully saturated rings. The van der Waals surface area contributed by atoms with E-state index in [0.29, 0.717) is 37.5 Å². The fraction of sp³-hybridized carbons (Fsp3) is 0.885. The van der Waals surface area contributed by atoms with Gasteiger partial charge in [-0.1, -0.05) is 32.9 Å². The molecule has 0 spiro atoms. The molecule has 0 aromatic carbocycles. The Morgan fingerprint density at radius 1 is 1.06 bits per heavy atom. The van der Waals surface area contributed by atoms with Crippen molar-refractivity contribution in [2.24, 2.45) is 11.8 Å². The molecular formula is C26H46O7. The molecule has 0 aromatic rings. The minimum atomic E-state index is -0.490. The van der Waals surface area contributed by atoms with E-state index in [1.165, 1.54) is 7.11 Å². The molecule has 8 atom stereocenters. The molecule has 2 aliphatic rings. The first-order valence-electron chi connectivity index (χ1n) is 12.6. The van der Waals surface area contributed by atoms with Gasteiger partial charge in [-0.2, -0.15) is 0 Å². The topological polar surface area (TPSA) is 94.5 Å². The fourth-order valence-electron chi connectivity index (χ4n) is 4.88. The SMILES string of the molecule is COC(=O)C[C@H]1C[C@H](O)C[C@@H](C[C@@H](C[C@H]2O[C@H](C[C@@H](O)/C=C/CC(C)C)CC[C@@H]2C)OC)O1. The van der Waals surface area contributed by atoms with Crippen molar-refractivity contribution in [2.75, 3.05) is 14.2 Å². The maximum absolute atomic E-state index is 11.6. The van der Waals surface area contributed by atoms with Gasteiger partial charge in [-0.3, -0.25) is 4.79 Å². The Balaban J connectivity index is 1.86. The highest BCUT2D eigenvalue weighted by Gasteiger charge is 2.35. The van der Waals surface area contributed by atoms with Gasteiger partial charge in [0.25, 0.3) is 0 Å². The van der Waals surface area contributed by atoms with E-state index in [9.17, 15) is 15.0 Å². The Hall–Kier alpha value is -0.990. The van der Waals surface area contributed by atoms with E-state index in [2.05, 4.69) is 26.8 Å². The highest BCUT2D eigenvalue weighted by Crippen LogP contribution is 2.32. The zero-order valence-corrected chi connectivity index (χ0v) is 21.2.